The third kappa shape index (κ3) is 3.59. The SMILES string of the molecule is CC(=O)Nc1ccc(N2NC(c3ccccc3)=NN2c2ccccc2)cc1. The molecule has 2 N–H and O–H groups in total. The van der Waals surface area contributed by atoms with Crippen LogP contribution in [0.1, 0.15) is 12.5 Å². The maximum atomic E-state index is 11.2. The average Bonchev–Trinajstić information content (AvgIpc) is 3.15. The van der Waals surface area contributed by atoms with E-state index < -0.39 is 0 Å². The van der Waals surface area contributed by atoms with Gasteiger partial charge < -0.3 is 5.32 Å². The van der Waals surface area contributed by atoms with E-state index in [4.69, 9.17) is 5.10 Å². The maximum Gasteiger partial charge on any atom is 0.221 e. The van der Waals surface area contributed by atoms with Crippen molar-refractivity contribution in [2.45, 2.75) is 6.92 Å². The highest BCUT2D eigenvalue weighted by Gasteiger charge is 2.26. The number of hydrazine groups is 2. The molecule has 4 rings (SSSR count). The Balaban J connectivity index is 1.67. The first kappa shape index (κ1) is 16.7. The van der Waals surface area contributed by atoms with Crippen molar-refractivity contribution in [1.82, 2.24) is 5.43 Å². The second kappa shape index (κ2) is 7.21. The highest BCUT2D eigenvalue weighted by atomic mass is 16.1. The number of rotatable bonds is 4. The highest BCUT2D eigenvalue weighted by Crippen LogP contribution is 2.26. The molecular formula is C21H19N5O. The third-order valence-corrected chi connectivity index (χ3v) is 4.06. The molecule has 3 aromatic rings. The van der Waals surface area contributed by atoms with E-state index in [-0.39, 0.29) is 5.91 Å². The number of benzene rings is 3. The van der Waals surface area contributed by atoms with Crippen LogP contribution in [0.4, 0.5) is 17.1 Å². The van der Waals surface area contributed by atoms with Crippen molar-refractivity contribution in [2.75, 3.05) is 15.6 Å². The number of hydrogen-bond donors (Lipinski definition) is 2. The van der Waals surface area contributed by atoms with Crippen molar-refractivity contribution < 1.29 is 4.79 Å². The number of anilines is 3. The topological polar surface area (TPSA) is 60.0 Å². The number of carbonyl (C=O) groups excluding carboxylic acids is 1. The van der Waals surface area contributed by atoms with E-state index in [0.29, 0.717) is 0 Å². The second-order valence-electron chi connectivity index (χ2n) is 6.09. The molecule has 1 heterocycles. The summed E-state index contributed by atoms with van der Waals surface area (Å²) < 4.78 is 0. The number of amidine groups is 1. The Morgan fingerprint density at radius 2 is 1.48 bits per heavy atom. The first-order chi connectivity index (χ1) is 13.2. The van der Waals surface area contributed by atoms with Gasteiger partial charge in [0.25, 0.3) is 0 Å². The quantitative estimate of drug-likeness (QED) is 0.747. The number of nitrogens with zero attached hydrogens (tertiary/aromatic N) is 3. The fourth-order valence-corrected chi connectivity index (χ4v) is 2.83. The molecule has 0 saturated heterocycles. The monoisotopic (exact) mass is 357 g/mol. The van der Waals surface area contributed by atoms with Crippen LogP contribution >= 0.6 is 0 Å². The highest BCUT2D eigenvalue weighted by molar-refractivity contribution is 6.02. The third-order valence-electron chi connectivity index (χ3n) is 4.06. The van der Waals surface area contributed by atoms with Crippen LogP contribution in [0, 0.1) is 0 Å². The Hall–Kier alpha value is -3.80. The predicted octanol–water partition coefficient (Wildman–Crippen LogP) is 3.75. The average molecular weight is 357 g/mol. The van der Waals surface area contributed by atoms with E-state index in [0.717, 1.165) is 28.5 Å². The second-order valence-corrected chi connectivity index (χ2v) is 6.09. The smallest absolute Gasteiger partial charge is 0.221 e. The minimum atomic E-state index is -0.0948. The zero-order valence-corrected chi connectivity index (χ0v) is 14.8. The molecule has 3 aromatic carbocycles. The molecule has 0 fully saturated rings. The van der Waals surface area contributed by atoms with Gasteiger partial charge in [0.2, 0.25) is 5.91 Å². The summed E-state index contributed by atoms with van der Waals surface area (Å²) in [5.41, 5.74) is 6.92. The van der Waals surface area contributed by atoms with Crippen LogP contribution < -0.4 is 21.0 Å². The van der Waals surface area contributed by atoms with E-state index in [9.17, 15) is 4.79 Å². The lowest BCUT2D eigenvalue weighted by Gasteiger charge is -2.28. The molecule has 0 radical (unpaired) electrons. The first-order valence-electron chi connectivity index (χ1n) is 8.64. The van der Waals surface area contributed by atoms with Crippen molar-refractivity contribution in [3.63, 3.8) is 0 Å². The van der Waals surface area contributed by atoms with Crippen LogP contribution in [0.25, 0.3) is 0 Å². The Bertz CT molecular complexity index is 955. The summed E-state index contributed by atoms with van der Waals surface area (Å²) in [6.45, 7) is 1.49. The Morgan fingerprint density at radius 3 is 2.11 bits per heavy atom. The van der Waals surface area contributed by atoms with Crippen molar-refractivity contribution in [3.8, 4) is 0 Å². The maximum absolute atomic E-state index is 11.2. The van der Waals surface area contributed by atoms with Crippen LogP contribution in [-0.4, -0.2) is 11.7 Å². The lowest BCUT2D eigenvalue weighted by atomic mass is 10.2. The van der Waals surface area contributed by atoms with Crippen molar-refractivity contribution in [2.24, 2.45) is 5.10 Å². The largest absolute Gasteiger partial charge is 0.326 e. The normalized spacial score (nSPS) is 13.1. The number of carbonyl (C=O) groups is 1. The minimum Gasteiger partial charge on any atom is -0.326 e. The van der Waals surface area contributed by atoms with Gasteiger partial charge in [-0.3, -0.25) is 10.2 Å². The van der Waals surface area contributed by atoms with Gasteiger partial charge in [0.15, 0.2) is 5.84 Å². The summed E-state index contributed by atoms with van der Waals surface area (Å²) >= 11 is 0. The molecule has 1 aliphatic heterocycles. The standard InChI is InChI=1S/C21H19N5O/c1-16(27)22-18-12-14-20(15-13-18)26-24-21(17-8-4-2-5-9-17)23-25(26)19-10-6-3-7-11-19/h2-15H,1H3,(H,22,27)(H,23,24). The van der Waals surface area contributed by atoms with Gasteiger partial charge in [-0.2, -0.15) is 10.2 Å². The molecule has 0 aliphatic carbocycles. The van der Waals surface area contributed by atoms with Gasteiger partial charge in [-0.1, -0.05) is 48.5 Å². The van der Waals surface area contributed by atoms with Crippen molar-refractivity contribution in [1.29, 1.82) is 0 Å². The number of hydrogen-bond acceptors (Lipinski definition) is 5. The summed E-state index contributed by atoms with van der Waals surface area (Å²) in [5, 5.41) is 11.2. The zero-order valence-electron chi connectivity index (χ0n) is 14.8. The molecule has 0 spiro atoms. The molecule has 0 bridgehead atoms. The van der Waals surface area contributed by atoms with Crippen LogP contribution in [0.15, 0.2) is 90.0 Å². The van der Waals surface area contributed by atoms with Crippen LogP contribution in [0.3, 0.4) is 0 Å². The van der Waals surface area contributed by atoms with E-state index in [1.54, 1.807) is 0 Å². The predicted molar refractivity (Wildman–Crippen MR) is 108 cm³/mol. The number of para-hydroxylation sites is 1. The van der Waals surface area contributed by atoms with Crippen LogP contribution in [0.2, 0.25) is 0 Å². The molecule has 0 saturated carbocycles. The molecule has 27 heavy (non-hydrogen) atoms. The van der Waals surface area contributed by atoms with Gasteiger partial charge in [0.05, 0.1) is 11.4 Å². The van der Waals surface area contributed by atoms with Gasteiger partial charge in [-0.05, 0) is 36.4 Å². The van der Waals surface area contributed by atoms with Gasteiger partial charge >= 0.3 is 0 Å². The van der Waals surface area contributed by atoms with Gasteiger partial charge in [-0.15, -0.1) is 5.10 Å². The summed E-state index contributed by atoms with van der Waals surface area (Å²) in [6, 6.07) is 27.5. The Labute approximate surface area is 157 Å². The number of hydrazone groups is 1. The molecular weight excluding hydrogens is 338 g/mol. The molecule has 0 aromatic heterocycles. The molecule has 1 aliphatic rings. The molecule has 0 unspecified atom stereocenters. The molecule has 134 valence electrons. The van der Waals surface area contributed by atoms with Gasteiger partial charge in [-0.25, -0.2) is 0 Å². The fourth-order valence-electron chi connectivity index (χ4n) is 2.83. The molecule has 6 heteroatoms. The van der Waals surface area contributed by atoms with Crippen LogP contribution in [0.5, 0.6) is 0 Å². The lowest BCUT2D eigenvalue weighted by molar-refractivity contribution is -0.114. The number of nitrogens with one attached hydrogen (secondary N) is 2. The zero-order chi connectivity index (χ0) is 18.6. The Morgan fingerprint density at radius 1 is 0.852 bits per heavy atom. The summed E-state index contributed by atoms with van der Waals surface area (Å²) in [4.78, 5) is 11.2. The van der Waals surface area contributed by atoms with E-state index in [1.807, 2.05) is 95.2 Å². The van der Waals surface area contributed by atoms with Crippen LogP contribution in [-0.2, 0) is 4.79 Å². The lowest BCUT2D eigenvalue weighted by Crippen LogP contribution is -2.44. The summed E-state index contributed by atoms with van der Waals surface area (Å²) in [5.74, 6) is 0.660. The fraction of sp³-hybridized carbons (Fsp3) is 0.0476. The van der Waals surface area contributed by atoms with E-state index in [1.165, 1.54) is 6.92 Å². The Kier molecular flexibility index (Phi) is 4.45. The minimum absolute atomic E-state index is 0.0948. The number of amides is 1. The first-order valence-corrected chi connectivity index (χ1v) is 8.64. The van der Waals surface area contributed by atoms with Gasteiger partial charge in [0, 0.05) is 18.2 Å². The van der Waals surface area contributed by atoms with Crippen molar-refractivity contribution >= 4 is 28.8 Å². The summed E-state index contributed by atoms with van der Waals surface area (Å²) in [6.07, 6.45) is 0. The summed E-state index contributed by atoms with van der Waals surface area (Å²) in [7, 11) is 0. The molecule has 1 amide bonds. The molecule has 0 atom stereocenters. The van der Waals surface area contributed by atoms with E-state index in [2.05, 4.69) is 10.7 Å². The van der Waals surface area contributed by atoms with E-state index >= 15 is 0 Å². The van der Waals surface area contributed by atoms with Crippen molar-refractivity contribution in [3.05, 3.63) is 90.5 Å². The van der Waals surface area contributed by atoms with Gasteiger partial charge in [0.1, 0.15) is 0 Å². The molecule has 6 nitrogen and oxygen atoms in total.